The Morgan fingerprint density at radius 1 is 1.39 bits per heavy atom. The lowest BCUT2D eigenvalue weighted by molar-refractivity contribution is -0.385. The third kappa shape index (κ3) is 2.68. The second kappa shape index (κ2) is 5.46. The van der Waals surface area contributed by atoms with Crippen molar-refractivity contribution in [2.75, 3.05) is 13.2 Å². The Kier molecular flexibility index (Phi) is 3.93. The molecule has 2 rings (SSSR count). The van der Waals surface area contributed by atoms with E-state index in [4.69, 9.17) is 0 Å². The largest absolute Gasteiger partial charge is 0.394 e. The first-order valence-electron chi connectivity index (χ1n) is 6.25. The van der Waals surface area contributed by atoms with Crippen molar-refractivity contribution in [2.45, 2.75) is 31.2 Å². The van der Waals surface area contributed by atoms with E-state index in [1.165, 1.54) is 6.07 Å². The van der Waals surface area contributed by atoms with E-state index in [2.05, 4.69) is 5.32 Å². The number of benzene rings is 1. The predicted molar refractivity (Wildman–Crippen MR) is 68.5 cm³/mol. The van der Waals surface area contributed by atoms with Crippen molar-refractivity contribution in [1.29, 1.82) is 0 Å². The van der Waals surface area contributed by atoms with Crippen molar-refractivity contribution in [3.8, 4) is 0 Å². The summed E-state index contributed by atoms with van der Waals surface area (Å²) in [6, 6.07) is 6.80. The molecule has 0 saturated heterocycles. The summed E-state index contributed by atoms with van der Waals surface area (Å²) < 4.78 is 0. The highest BCUT2D eigenvalue weighted by molar-refractivity contribution is 5.39. The molecule has 2 N–H and O–H groups in total. The maximum absolute atomic E-state index is 10.9. The average Bonchev–Trinajstić information content (AvgIpc) is 2.33. The molecule has 5 nitrogen and oxygen atoms in total. The van der Waals surface area contributed by atoms with Crippen LogP contribution in [0.3, 0.4) is 0 Å². The van der Waals surface area contributed by atoms with Gasteiger partial charge in [0.05, 0.1) is 11.5 Å². The molecule has 1 aliphatic rings. The predicted octanol–water partition coefficient (Wildman–Crippen LogP) is 1.64. The van der Waals surface area contributed by atoms with Crippen LogP contribution in [0.1, 0.15) is 24.8 Å². The lowest BCUT2D eigenvalue weighted by atomic mass is 9.77. The first-order chi connectivity index (χ1) is 8.67. The van der Waals surface area contributed by atoms with E-state index < -0.39 is 0 Å². The smallest absolute Gasteiger partial charge is 0.272 e. The molecule has 0 atom stereocenters. The van der Waals surface area contributed by atoms with Crippen molar-refractivity contribution in [2.24, 2.45) is 0 Å². The Morgan fingerprint density at radius 3 is 2.67 bits per heavy atom. The van der Waals surface area contributed by atoms with Crippen molar-refractivity contribution in [3.63, 3.8) is 0 Å². The number of aliphatic hydroxyl groups excluding tert-OH is 1. The van der Waals surface area contributed by atoms with E-state index in [1.807, 2.05) is 6.07 Å². The van der Waals surface area contributed by atoms with Gasteiger partial charge in [0.25, 0.3) is 5.69 Å². The van der Waals surface area contributed by atoms with E-state index >= 15 is 0 Å². The Labute approximate surface area is 106 Å². The average molecular weight is 250 g/mol. The molecule has 18 heavy (non-hydrogen) atoms. The van der Waals surface area contributed by atoms with Crippen LogP contribution in [0.4, 0.5) is 5.69 Å². The topological polar surface area (TPSA) is 75.4 Å². The van der Waals surface area contributed by atoms with Crippen LogP contribution >= 0.6 is 0 Å². The van der Waals surface area contributed by atoms with Gasteiger partial charge in [-0.05, 0) is 25.7 Å². The Hall–Kier alpha value is -1.46. The third-order valence-corrected chi connectivity index (χ3v) is 3.70. The van der Waals surface area contributed by atoms with Gasteiger partial charge in [-0.15, -0.1) is 0 Å². The second-order valence-electron chi connectivity index (χ2n) is 4.85. The molecule has 0 amide bonds. The lowest BCUT2D eigenvalue weighted by Crippen LogP contribution is -2.54. The highest BCUT2D eigenvalue weighted by Gasteiger charge is 2.35. The highest BCUT2D eigenvalue weighted by Crippen LogP contribution is 2.31. The summed E-state index contributed by atoms with van der Waals surface area (Å²) in [7, 11) is 0. The van der Waals surface area contributed by atoms with Crippen LogP contribution in [-0.2, 0) is 6.42 Å². The molecular formula is C13H18N2O3. The summed E-state index contributed by atoms with van der Waals surface area (Å²) in [4.78, 5) is 10.5. The molecule has 0 aliphatic heterocycles. The van der Waals surface area contributed by atoms with Gasteiger partial charge < -0.3 is 10.4 Å². The molecule has 1 saturated carbocycles. The number of nitro groups is 1. The monoisotopic (exact) mass is 250 g/mol. The number of nitrogens with zero attached hydrogens (tertiary/aromatic N) is 1. The van der Waals surface area contributed by atoms with Crippen LogP contribution in [0, 0.1) is 10.1 Å². The van der Waals surface area contributed by atoms with Gasteiger partial charge in [0.15, 0.2) is 0 Å². The molecule has 0 spiro atoms. The number of hydrogen-bond donors (Lipinski definition) is 2. The zero-order chi connectivity index (χ0) is 13.0. The van der Waals surface area contributed by atoms with Crippen LogP contribution in [-0.4, -0.2) is 28.7 Å². The van der Waals surface area contributed by atoms with E-state index in [1.54, 1.807) is 12.1 Å². The molecule has 1 aromatic rings. The van der Waals surface area contributed by atoms with Crippen molar-refractivity contribution in [1.82, 2.24) is 5.32 Å². The van der Waals surface area contributed by atoms with Crippen molar-refractivity contribution in [3.05, 3.63) is 39.9 Å². The number of nitrogens with one attached hydrogen (secondary N) is 1. The van der Waals surface area contributed by atoms with Gasteiger partial charge in [-0.3, -0.25) is 10.1 Å². The molecule has 1 aliphatic carbocycles. The van der Waals surface area contributed by atoms with Gasteiger partial charge in [-0.1, -0.05) is 18.2 Å². The number of aliphatic hydroxyl groups is 1. The van der Waals surface area contributed by atoms with Gasteiger partial charge >= 0.3 is 0 Å². The number of rotatable bonds is 6. The molecule has 1 aromatic carbocycles. The fraction of sp³-hybridized carbons (Fsp3) is 0.538. The molecule has 0 unspecified atom stereocenters. The Balaban J connectivity index is 1.92. The molecule has 0 radical (unpaired) electrons. The molecular weight excluding hydrogens is 232 g/mol. The van der Waals surface area contributed by atoms with Gasteiger partial charge in [-0.25, -0.2) is 0 Å². The zero-order valence-electron chi connectivity index (χ0n) is 10.3. The fourth-order valence-electron chi connectivity index (χ4n) is 2.36. The van der Waals surface area contributed by atoms with Gasteiger partial charge in [-0.2, -0.15) is 0 Å². The minimum Gasteiger partial charge on any atom is -0.394 e. The SMILES string of the molecule is O=[N+]([O-])c1ccccc1CCNC1(CO)CCC1. The van der Waals surface area contributed by atoms with Gasteiger partial charge in [0, 0.05) is 23.7 Å². The Morgan fingerprint density at radius 2 is 2.11 bits per heavy atom. The van der Waals surface area contributed by atoms with Crippen LogP contribution < -0.4 is 5.32 Å². The normalized spacial score (nSPS) is 17.2. The molecule has 0 aromatic heterocycles. The number of nitro benzene ring substituents is 1. The summed E-state index contributed by atoms with van der Waals surface area (Å²) in [6.07, 6.45) is 3.72. The molecule has 1 fully saturated rings. The summed E-state index contributed by atoms with van der Waals surface area (Å²) in [5, 5.41) is 23.5. The van der Waals surface area contributed by atoms with E-state index in [0.29, 0.717) is 13.0 Å². The Bertz CT molecular complexity index is 424. The molecule has 0 bridgehead atoms. The summed E-state index contributed by atoms with van der Waals surface area (Å²) >= 11 is 0. The van der Waals surface area contributed by atoms with E-state index in [9.17, 15) is 15.2 Å². The van der Waals surface area contributed by atoms with Crippen LogP contribution in [0.2, 0.25) is 0 Å². The number of para-hydroxylation sites is 1. The quantitative estimate of drug-likeness (QED) is 0.594. The first-order valence-corrected chi connectivity index (χ1v) is 6.25. The fourth-order valence-corrected chi connectivity index (χ4v) is 2.36. The summed E-state index contributed by atoms with van der Waals surface area (Å²) in [5.74, 6) is 0. The third-order valence-electron chi connectivity index (χ3n) is 3.70. The zero-order valence-corrected chi connectivity index (χ0v) is 10.3. The van der Waals surface area contributed by atoms with Crippen LogP contribution in [0.25, 0.3) is 0 Å². The van der Waals surface area contributed by atoms with Crippen molar-refractivity contribution < 1.29 is 10.0 Å². The van der Waals surface area contributed by atoms with E-state index in [0.717, 1.165) is 24.8 Å². The lowest BCUT2D eigenvalue weighted by Gasteiger charge is -2.41. The minimum absolute atomic E-state index is 0.135. The standard InChI is InChI=1S/C13H18N2O3/c16-10-13(7-3-8-13)14-9-6-11-4-1-2-5-12(11)15(17)18/h1-2,4-5,14,16H,3,6-10H2. The minimum atomic E-state index is -0.347. The maximum atomic E-state index is 10.9. The summed E-state index contributed by atoms with van der Waals surface area (Å²) in [5.41, 5.74) is 0.775. The van der Waals surface area contributed by atoms with Crippen molar-refractivity contribution >= 4 is 5.69 Å². The summed E-state index contributed by atoms with van der Waals surface area (Å²) in [6.45, 7) is 0.801. The van der Waals surface area contributed by atoms with Crippen LogP contribution in [0.15, 0.2) is 24.3 Å². The number of hydrogen-bond acceptors (Lipinski definition) is 4. The van der Waals surface area contributed by atoms with Gasteiger partial charge in [0.1, 0.15) is 0 Å². The molecule has 0 heterocycles. The van der Waals surface area contributed by atoms with Gasteiger partial charge in [0.2, 0.25) is 0 Å². The second-order valence-corrected chi connectivity index (χ2v) is 4.85. The highest BCUT2D eigenvalue weighted by atomic mass is 16.6. The molecule has 5 heteroatoms. The van der Waals surface area contributed by atoms with Crippen LogP contribution in [0.5, 0.6) is 0 Å². The maximum Gasteiger partial charge on any atom is 0.272 e. The molecule has 98 valence electrons. The van der Waals surface area contributed by atoms with E-state index in [-0.39, 0.29) is 22.8 Å². The first kappa shape index (κ1) is 13.0.